The van der Waals surface area contributed by atoms with Gasteiger partial charge >= 0.3 is 0 Å². The molecule has 1 saturated heterocycles. The standard InChI is InChI=1S/C19H16Cl2F2N2O2/c20-12-7-13(21)9-15(8-12)24-18(26)11-3-5-25(6-4-11)19(27)16-2-1-14(22)10-17(16)23/h1-2,7-11H,3-6H2,(H,24,26). The van der Waals surface area contributed by atoms with E-state index in [1.807, 2.05) is 0 Å². The summed E-state index contributed by atoms with van der Waals surface area (Å²) in [4.78, 5) is 26.3. The van der Waals surface area contributed by atoms with Crippen LogP contribution in [-0.2, 0) is 4.79 Å². The highest BCUT2D eigenvalue weighted by Gasteiger charge is 2.29. The van der Waals surface area contributed by atoms with Crippen LogP contribution in [0.5, 0.6) is 0 Å². The Balaban J connectivity index is 1.59. The number of likely N-dealkylation sites (tertiary alicyclic amines) is 1. The number of halogens is 4. The third kappa shape index (κ3) is 4.76. The molecule has 0 unspecified atom stereocenters. The molecule has 2 aromatic rings. The molecule has 3 rings (SSSR count). The van der Waals surface area contributed by atoms with Crippen molar-refractivity contribution in [3.63, 3.8) is 0 Å². The number of rotatable bonds is 3. The molecule has 2 amide bonds. The maximum absolute atomic E-state index is 13.8. The molecule has 1 N–H and O–H groups in total. The maximum Gasteiger partial charge on any atom is 0.256 e. The van der Waals surface area contributed by atoms with Gasteiger partial charge in [-0.25, -0.2) is 8.78 Å². The van der Waals surface area contributed by atoms with Crippen molar-refractivity contribution in [3.05, 3.63) is 63.6 Å². The molecule has 0 atom stereocenters. The Bertz CT molecular complexity index is 864. The van der Waals surface area contributed by atoms with E-state index in [2.05, 4.69) is 5.32 Å². The molecule has 4 nitrogen and oxygen atoms in total. The summed E-state index contributed by atoms with van der Waals surface area (Å²) in [5.41, 5.74) is 0.331. The first kappa shape index (κ1) is 19.6. The van der Waals surface area contributed by atoms with Crippen molar-refractivity contribution in [1.82, 2.24) is 4.90 Å². The van der Waals surface area contributed by atoms with E-state index in [1.54, 1.807) is 18.2 Å². The Hall–Kier alpha value is -2.18. The highest BCUT2D eigenvalue weighted by molar-refractivity contribution is 6.35. The lowest BCUT2D eigenvalue weighted by Gasteiger charge is -2.31. The highest BCUT2D eigenvalue weighted by atomic mass is 35.5. The van der Waals surface area contributed by atoms with Crippen LogP contribution < -0.4 is 5.32 Å². The van der Waals surface area contributed by atoms with E-state index in [4.69, 9.17) is 23.2 Å². The largest absolute Gasteiger partial charge is 0.339 e. The normalized spacial score (nSPS) is 14.9. The minimum absolute atomic E-state index is 0.173. The van der Waals surface area contributed by atoms with Crippen molar-refractivity contribution >= 4 is 40.7 Å². The number of piperidine rings is 1. The first-order valence-electron chi connectivity index (χ1n) is 8.35. The molecule has 0 aliphatic carbocycles. The van der Waals surface area contributed by atoms with Crippen LogP contribution >= 0.6 is 23.2 Å². The fourth-order valence-corrected chi connectivity index (χ4v) is 3.57. The minimum Gasteiger partial charge on any atom is -0.339 e. The summed E-state index contributed by atoms with van der Waals surface area (Å²) in [6.07, 6.45) is 0.878. The summed E-state index contributed by atoms with van der Waals surface area (Å²) < 4.78 is 26.8. The smallest absolute Gasteiger partial charge is 0.256 e. The fourth-order valence-electron chi connectivity index (χ4n) is 3.05. The van der Waals surface area contributed by atoms with Gasteiger partial charge in [0.05, 0.1) is 5.56 Å². The monoisotopic (exact) mass is 412 g/mol. The third-order valence-electron chi connectivity index (χ3n) is 4.44. The van der Waals surface area contributed by atoms with E-state index in [0.29, 0.717) is 47.7 Å². The lowest BCUT2D eigenvalue weighted by Crippen LogP contribution is -2.41. The van der Waals surface area contributed by atoms with Gasteiger partial charge in [0.15, 0.2) is 0 Å². The van der Waals surface area contributed by atoms with Crippen LogP contribution in [0.15, 0.2) is 36.4 Å². The van der Waals surface area contributed by atoms with E-state index in [0.717, 1.165) is 12.1 Å². The quantitative estimate of drug-likeness (QED) is 0.789. The van der Waals surface area contributed by atoms with Gasteiger partial charge in [0.2, 0.25) is 5.91 Å². The van der Waals surface area contributed by atoms with Gasteiger partial charge in [-0.2, -0.15) is 0 Å². The highest BCUT2D eigenvalue weighted by Crippen LogP contribution is 2.25. The van der Waals surface area contributed by atoms with Crippen LogP contribution in [0.1, 0.15) is 23.2 Å². The van der Waals surface area contributed by atoms with E-state index >= 15 is 0 Å². The average Bonchev–Trinajstić information content (AvgIpc) is 2.60. The molecule has 0 radical (unpaired) electrons. The topological polar surface area (TPSA) is 49.4 Å². The molecule has 1 fully saturated rings. The van der Waals surface area contributed by atoms with Crippen molar-refractivity contribution in [1.29, 1.82) is 0 Å². The Morgan fingerprint density at radius 3 is 2.22 bits per heavy atom. The van der Waals surface area contributed by atoms with Gasteiger partial charge in [0.25, 0.3) is 5.91 Å². The Kier molecular flexibility index (Phi) is 5.97. The zero-order chi connectivity index (χ0) is 19.6. The van der Waals surface area contributed by atoms with Gasteiger partial charge in [0.1, 0.15) is 11.6 Å². The molecular formula is C19H16Cl2F2N2O2. The fraction of sp³-hybridized carbons (Fsp3) is 0.263. The first-order valence-corrected chi connectivity index (χ1v) is 9.10. The minimum atomic E-state index is -0.891. The molecular weight excluding hydrogens is 397 g/mol. The molecule has 2 aromatic carbocycles. The Morgan fingerprint density at radius 2 is 1.63 bits per heavy atom. The summed E-state index contributed by atoms with van der Waals surface area (Å²) in [6.45, 7) is 0.619. The van der Waals surface area contributed by atoms with Crippen molar-refractivity contribution in [2.75, 3.05) is 18.4 Å². The van der Waals surface area contributed by atoms with Crippen molar-refractivity contribution in [2.45, 2.75) is 12.8 Å². The molecule has 1 aliphatic rings. The van der Waals surface area contributed by atoms with Crippen LogP contribution in [0, 0.1) is 17.6 Å². The number of carbonyl (C=O) groups is 2. The average molecular weight is 413 g/mol. The van der Waals surface area contributed by atoms with Gasteiger partial charge in [-0.05, 0) is 43.2 Å². The van der Waals surface area contributed by atoms with E-state index in [1.165, 1.54) is 4.90 Å². The zero-order valence-corrected chi connectivity index (χ0v) is 15.7. The first-order chi connectivity index (χ1) is 12.8. The molecule has 27 heavy (non-hydrogen) atoms. The Morgan fingerprint density at radius 1 is 1.00 bits per heavy atom. The Labute approximate surface area is 165 Å². The van der Waals surface area contributed by atoms with Crippen molar-refractivity contribution in [2.24, 2.45) is 5.92 Å². The van der Waals surface area contributed by atoms with E-state index in [-0.39, 0.29) is 17.4 Å². The summed E-state index contributed by atoms with van der Waals surface area (Å²) in [6, 6.07) is 7.63. The van der Waals surface area contributed by atoms with Crippen molar-refractivity contribution < 1.29 is 18.4 Å². The molecule has 8 heteroatoms. The van der Waals surface area contributed by atoms with Crippen molar-refractivity contribution in [3.8, 4) is 0 Å². The lowest BCUT2D eigenvalue weighted by molar-refractivity contribution is -0.121. The van der Waals surface area contributed by atoms with Crippen LogP contribution in [0.3, 0.4) is 0 Å². The van der Waals surface area contributed by atoms with Gasteiger partial charge in [-0.15, -0.1) is 0 Å². The molecule has 0 bridgehead atoms. The second-order valence-corrected chi connectivity index (χ2v) is 7.21. The molecule has 1 aliphatic heterocycles. The summed E-state index contributed by atoms with van der Waals surface area (Å²) in [5.74, 6) is -2.61. The maximum atomic E-state index is 13.8. The SMILES string of the molecule is O=C(Nc1cc(Cl)cc(Cl)c1)C1CCN(C(=O)c2ccc(F)cc2F)CC1. The molecule has 1 heterocycles. The number of carbonyl (C=O) groups excluding carboxylic acids is 2. The zero-order valence-electron chi connectivity index (χ0n) is 14.1. The number of nitrogens with one attached hydrogen (secondary N) is 1. The number of amides is 2. The van der Waals surface area contributed by atoms with Crippen LogP contribution in [0.4, 0.5) is 14.5 Å². The molecule has 142 valence electrons. The van der Waals surface area contributed by atoms with E-state index in [9.17, 15) is 18.4 Å². The van der Waals surface area contributed by atoms with Crippen LogP contribution in [0.2, 0.25) is 10.0 Å². The van der Waals surface area contributed by atoms with E-state index < -0.39 is 17.5 Å². The van der Waals surface area contributed by atoms with Gasteiger partial charge in [-0.3, -0.25) is 9.59 Å². The number of benzene rings is 2. The van der Waals surface area contributed by atoms with Crippen LogP contribution in [0.25, 0.3) is 0 Å². The van der Waals surface area contributed by atoms with Gasteiger partial charge < -0.3 is 10.2 Å². The van der Waals surface area contributed by atoms with Gasteiger partial charge in [-0.1, -0.05) is 23.2 Å². The van der Waals surface area contributed by atoms with Gasteiger partial charge in [0, 0.05) is 40.8 Å². The molecule has 0 aromatic heterocycles. The molecule has 0 saturated carbocycles. The lowest BCUT2D eigenvalue weighted by atomic mass is 9.95. The molecule has 0 spiro atoms. The predicted molar refractivity (Wildman–Crippen MR) is 100 cm³/mol. The number of hydrogen-bond donors (Lipinski definition) is 1. The second kappa shape index (κ2) is 8.23. The van der Waals surface area contributed by atoms with Crippen LogP contribution in [-0.4, -0.2) is 29.8 Å². The predicted octanol–water partition coefficient (Wildman–Crippen LogP) is 4.76. The third-order valence-corrected chi connectivity index (χ3v) is 4.88. The number of nitrogens with zero attached hydrogens (tertiary/aromatic N) is 1. The number of hydrogen-bond acceptors (Lipinski definition) is 2. The summed E-state index contributed by atoms with van der Waals surface area (Å²) in [5, 5.41) is 3.60. The summed E-state index contributed by atoms with van der Waals surface area (Å²) >= 11 is 11.8. The second-order valence-electron chi connectivity index (χ2n) is 6.34. The number of anilines is 1. The summed E-state index contributed by atoms with van der Waals surface area (Å²) in [7, 11) is 0.